The van der Waals surface area contributed by atoms with Gasteiger partial charge in [-0.05, 0) is 18.4 Å². The maximum absolute atomic E-state index is 7.30. The van der Waals surface area contributed by atoms with Crippen molar-refractivity contribution < 1.29 is 0 Å². The van der Waals surface area contributed by atoms with Gasteiger partial charge in [-0.1, -0.05) is 6.07 Å². The minimum absolute atomic E-state index is 0.0254. The van der Waals surface area contributed by atoms with Gasteiger partial charge in [0.1, 0.15) is 5.84 Å². The van der Waals surface area contributed by atoms with E-state index in [0.717, 1.165) is 4.90 Å². The lowest BCUT2D eigenvalue weighted by atomic mass is 10.1. The Morgan fingerprint density at radius 2 is 2.17 bits per heavy atom. The molecule has 0 radical (unpaired) electrons. The lowest BCUT2D eigenvalue weighted by Crippen LogP contribution is -2.14. The van der Waals surface area contributed by atoms with Gasteiger partial charge in [-0.3, -0.25) is 5.41 Å². The predicted octanol–water partition coefficient (Wildman–Crippen LogP) is 1.27. The number of hydrogen-bond acceptors (Lipinski definition) is 3. The van der Waals surface area contributed by atoms with Crippen molar-refractivity contribution in [3.05, 3.63) is 23.8 Å². The largest absolute Gasteiger partial charge is 0.398 e. The van der Waals surface area contributed by atoms with Crippen molar-refractivity contribution in [3.63, 3.8) is 0 Å². The van der Waals surface area contributed by atoms with Crippen LogP contribution in [0.25, 0.3) is 0 Å². The van der Waals surface area contributed by atoms with E-state index >= 15 is 0 Å². The van der Waals surface area contributed by atoms with Crippen LogP contribution in [0.2, 0.25) is 0 Å². The molecule has 4 heteroatoms. The smallest absolute Gasteiger partial charge is 0.126 e. The number of amidine groups is 1. The molecule has 0 aliphatic rings. The summed E-state index contributed by atoms with van der Waals surface area (Å²) in [6.07, 6.45) is 1.93. The molecule has 0 heterocycles. The summed E-state index contributed by atoms with van der Waals surface area (Å²) in [5.74, 6) is 0.0254. The van der Waals surface area contributed by atoms with Crippen molar-refractivity contribution in [2.75, 3.05) is 12.0 Å². The Hall–Kier alpha value is -1.16. The highest BCUT2D eigenvalue weighted by Crippen LogP contribution is 2.24. The van der Waals surface area contributed by atoms with E-state index in [1.54, 1.807) is 6.07 Å². The zero-order valence-electron chi connectivity index (χ0n) is 6.79. The van der Waals surface area contributed by atoms with Crippen molar-refractivity contribution in [1.29, 1.82) is 5.41 Å². The van der Waals surface area contributed by atoms with Gasteiger partial charge < -0.3 is 11.5 Å². The SMILES string of the molecule is CSc1cccc(N)c1C(=N)N. The molecule has 1 rings (SSSR count). The van der Waals surface area contributed by atoms with Crippen LogP contribution in [0.5, 0.6) is 0 Å². The standard InChI is InChI=1S/C8H11N3S/c1-12-6-4-2-3-5(9)7(6)8(10)11/h2-4H,9H2,1H3,(H3,10,11). The zero-order valence-corrected chi connectivity index (χ0v) is 7.61. The third kappa shape index (κ3) is 1.53. The highest BCUT2D eigenvalue weighted by Gasteiger charge is 2.07. The van der Waals surface area contributed by atoms with Crippen molar-refractivity contribution in [3.8, 4) is 0 Å². The number of nitrogen functional groups attached to an aromatic ring is 2. The summed E-state index contributed by atoms with van der Waals surface area (Å²) in [6.45, 7) is 0. The molecule has 0 aromatic heterocycles. The van der Waals surface area contributed by atoms with E-state index < -0.39 is 0 Å². The molecule has 1 aromatic rings. The van der Waals surface area contributed by atoms with Crippen LogP contribution in [-0.2, 0) is 0 Å². The third-order valence-electron chi connectivity index (χ3n) is 1.55. The van der Waals surface area contributed by atoms with E-state index in [-0.39, 0.29) is 5.84 Å². The van der Waals surface area contributed by atoms with E-state index in [1.165, 1.54) is 11.8 Å². The van der Waals surface area contributed by atoms with Crippen LogP contribution in [0.4, 0.5) is 5.69 Å². The number of rotatable bonds is 2. The molecule has 0 spiro atoms. The van der Waals surface area contributed by atoms with E-state index in [0.29, 0.717) is 11.3 Å². The Morgan fingerprint density at radius 1 is 1.50 bits per heavy atom. The average Bonchev–Trinajstić information content (AvgIpc) is 2.03. The molecule has 1 aromatic carbocycles. The Bertz CT molecular complexity index is 309. The molecule has 0 atom stereocenters. The monoisotopic (exact) mass is 181 g/mol. The normalized spacial score (nSPS) is 9.75. The number of benzene rings is 1. The molecular formula is C8H11N3S. The Morgan fingerprint density at radius 3 is 2.58 bits per heavy atom. The van der Waals surface area contributed by atoms with Crippen LogP contribution in [0.15, 0.2) is 23.1 Å². The molecule has 12 heavy (non-hydrogen) atoms. The molecule has 0 bridgehead atoms. The van der Waals surface area contributed by atoms with Gasteiger partial charge in [-0.15, -0.1) is 11.8 Å². The summed E-state index contributed by atoms with van der Waals surface area (Å²) >= 11 is 1.54. The minimum atomic E-state index is 0.0254. The van der Waals surface area contributed by atoms with Crippen molar-refractivity contribution in [1.82, 2.24) is 0 Å². The fraction of sp³-hybridized carbons (Fsp3) is 0.125. The minimum Gasteiger partial charge on any atom is -0.398 e. The molecule has 0 amide bonds. The van der Waals surface area contributed by atoms with Gasteiger partial charge >= 0.3 is 0 Å². The van der Waals surface area contributed by atoms with Crippen LogP contribution in [0.1, 0.15) is 5.56 Å². The van der Waals surface area contributed by atoms with Crippen LogP contribution in [0, 0.1) is 5.41 Å². The van der Waals surface area contributed by atoms with Gasteiger partial charge in [0.15, 0.2) is 0 Å². The summed E-state index contributed by atoms with van der Waals surface area (Å²) in [4.78, 5) is 0.947. The number of thioether (sulfide) groups is 1. The molecule has 0 fully saturated rings. The maximum atomic E-state index is 7.30. The second-order valence-electron chi connectivity index (χ2n) is 2.34. The van der Waals surface area contributed by atoms with Crippen molar-refractivity contribution in [2.45, 2.75) is 4.90 Å². The average molecular weight is 181 g/mol. The van der Waals surface area contributed by atoms with E-state index in [2.05, 4.69) is 0 Å². The second-order valence-corrected chi connectivity index (χ2v) is 3.19. The number of nitrogens with two attached hydrogens (primary N) is 2. The summed E-state index contributed by atoms with van der Waals surface area (Å²) in [7, 11) is 0. The first-order valence-corrected chi connectivity index (χ1v) is 4.66. The van der Waals surface area contributed by atoms with Crippen molar-refractivity contribution in [2.24, 2.45) is 5.73 Å². The van der Waals surface area contributed by atoms with Gasteiger partial charge in [0, 0.05) is 10.6 Å². The molecule has 0 aliphatic heterocycles. The fourth-order valence-corrected chi connectivity index (χ4v) is 1.65. The number of nitrogens with one attached hydrogen (secondary N) is 1. The third-order valence-corrected chi connectivity index (χ3v) is 2.33. The molecule has 0 aliphatic carbocycles. The summed E-state index contributed by atoms with van der Waals surface area (Å²) in [5, 5.41) is 7.30. The predicted molar refractivity (Wildman–Crippen MR) is 53.7 cm³/mol. The van der Waals surface area contributed by atoms with Gasteiger partial charge in [-0.2, -0.15) is 0 Å². The van der Waals surface area contributed by atoms with Crippen LogP contribution in [-0.4, -0.2) is 12.1 Å². The van der Waals surface area contributed by atoms with Crippen LogP contribution in [0.3, 0.4) is 0 Å². The fourth-order valence-electron chi connectivity index (χ4n) is 1.01. The highest BCUT2D eigenvalue weighted by molar-refractivity contribution is 7.98. The first kappa shape index (κ1) is 8.93. The lowest BCUT2D eigenvalue weighted by molar-refractivity contribution is 1.35. The summed E-state index contributed by atoms with van der Waals surface area (Å²) in [6, 6.07) is 5.50. The van der Waals surface area contributed by atoms with E-state index in [4.69, 9.17) is 16.9 Å². The van der Waals surface area contributed by atoms with E-state index in [1.807, 2.05) is 18.4 Å². The summed E-state index contributed by atoms with van der Waals surface area (Å²) < 4.78 is 0. The molecule has 0 unspecified atom stereocenters. The first-order chi connectivity index (χ1) is 5.66. The molecule has 3 nitrogen and oxygen atoms in total. The lowest BCUT2D eigenvalue weighted by Gasteiger charge is -2.07. The molecular weight excluding hydrogens is 170 g/mol. The molecule has 0 saturated carbocycles. The zero-order chi connectivity index (χ0) is 9.14. The second kappa shape index (κ2) is 3.49. The topological polar surface area (TPSA) is 75.9 Å². The Labute approximate surface area is 75.6 Å². The number of hydrogen-bond donors (Lipinski definition) is 3. The highest BCUT2D eigenvalue weighted by atomic mass is 32.2. The van der Waals surface area contributed by atoms with Gasteiger partial charge in [-0.25, -0.2) is 0 Å². The maximum Gasteiger partial charge on any atom is 0.126 e. The quantitative estimate of drug-likeness (QED) is 0.278. The van der Waals surface area contributed by atoms with Gasteiger partial charge in [0.2, 0.25) is 0 Å². The van der Waals surface area contributed by atoms with Crippen LogP contribution >= 0.6 is 11.8 Å². The van der Waals surface area contributed by atoms with Gasteiger partial charge in [0.05, 0.1) is 5.56 Å². The Balaban J connectivity index is 3.29. The first-order valence-electron chi connectivity index (χ1n) is 3.43. The van der Waals surface area contributed by atoms with E-state index in [9.17, 15) is 0 Å². The van der Waals surface area contributed by atoms with Crippen LogP contribution < -0.4 is 11.5 Å². The Kier molecular flexibility index (Phi) is 2.60. The van der Waals surface area contributed by atoms with Crippen molar-refractivity contribution >= 4 is 23.3 Å². The number of anilines is 1. The van der Waals surface area contributed by atoms with Gasteiger partial charge in [0.25, 0.3) is 0 Å². The summed E-state index contributed by atoms with van der Waals surface area (Å²) in [5.41, 5.74) is 12.3. The molecule has 64 valence electrons. The molecule has 5 N–H and O–H groups in total. The molecule has 0 saturated heterocycles.